The molecule has 0 atom stereocenters. The maximum atomic E-state index is 12.4. The number of carbonyl (C=O) groups is 1. The van der Waals surface area contributed by atoms with E-state index in [-0.39, 0.29) is 17.9 Å². The fraction of sp³-hybridized carbons (Fsp3) is 0.533. The number of aryl methyl sites for hydroxylation is 1. The van der Waals surface area contributed by atoms with Crippen LogP contribution in [0.25, 0.3) is 0 Å². The molecule has 2 N–H and O–H groups in total. The van der Waals surface area contributed by atoms with Gasteiger partial charge in [-0.3, -0.25) is 14.9 Å². The van der Waals surface area contributed by atoms with Gasteiger partial charge in [0.2, 0.25) is 0 Å². The normalized spacial score (nSPS) is 17.2. The maximum Gasteiger partial charge on any atom is 0.285 e. The number of hydrogen-bond donors (Lipinski definition) is 2. The van der Waals surface area contributed by atoms with E-state index < -0.39 is 16.4 Å². The van der Waals surface area contributed by atoms with E-state index in [2.05, 4.69) is 5.32 Å². The van der Waals surface area contributed by atoms with Crippen LogP contribution in [0.15, 0.2) is 18.2 Å². The molecule has 0 spiro atoms. The molecule has 6 heteroatoms. The fourth-order valence-corrected chi connectivity index (χ4v) is 2.94. The lowest BCUT2D eigenvalue weighted by atomic mass is 9.82. The largest absolute Gasteiger partial charge is 0.394 e. The predicted molar refractivity (Wildman–Crippen MR) is 78.2 cm³/mol. The molecular weight excluding hydrogens is 272 g/mol. The SMILES string of the molecule is Cc1cccc(C(=O)NC2(CO)CCCCC2)c1[N+](=O)[O-]. The number of nitro groups is 1. The molecule has 0 heterocycles. The van der Waals surface area contributed by atoms with Gasteiger partial charge in [-0.05, 0) is 25.8 Å². The molecule has 0 saturated heterocycles. The minimum atomic E-state index is -0.646. The van der Waals surface area contributed by atoms with Crippen LogP contribution in [0.2, 0.25) is 0 Å². The summed E-state index contributed by atoms with van der Waals surface area (Å²) in [5.74, 6) is -0.485. The molecular formula is C15H20N2O4. The van der Waals surface area contributed by atoms with Gasteiger partial charge in [0, 0.05) is 5.56 Å². The van der Waals surface area contributed by atoms with Crippen molar-refractivity contribution < 1.29 is 14.8 Å². The van der Waals surface area contributed by atoms with Crippen molar-refractivity contribution in [2.24, 2.45) is 0 Å². The Morgan fingerprint density at radius 1 is 1.38 bits per heavy atom. The summed E-state index contributed by atoms with van der Waals surface area (Å²) in [6.45, 7) is 1.47. The van der Waals surface area contributed by atoms with Gasteiger partial charge in [0.25, 0.3) is 11.6 Å². The van der Waals surface area contributed by atoms with Gasteiger partial charge < -0.3 is 10.4 Å². The van der Waals surface area contributed by atoms with Crippen LogP contribution in [0, 0.1) is 17.0 Å². The lowest BCUT2D eigenvalue weighted by molar-refractivity contribution is -0.385. The van der Waals surface area contributed by atoms with Crippen LogP contribution in [0.4, 0.5) is 5.69 Å². The van der Waals surface area contributed by atoms with Gasteiger partial charge in [-0.25, -0.2) is 0 Å². The summed E-state index contributed by atoms with van der Waals surface area (Å²) in [4.78, 5) is 23.1. The van der Waals surface area contributed by atoms with E-state index in [1.165, 1.54) is 6.07 Å². The maximum absolute atomic E-state index is 12.4. The van der Waals surface area contributed by atoms with Gasteiger partial charge in [0.1, 0.15) is 5.56 Å². The molecule has 1 amide bonds. The van der Waals surface area contributed by atoms with Crippen molar-refractivity contribution in [3.05, 3.63) is 39.4 Å². The number of nitro benzene ring substituents is 1. The van der Waals surface area contributed by atoms with Crippen LogP contribution in [-0.2, 0) is 0 Å². The Hall–Kier alpha value is -1.95. The summed E-state index contributed by atoms with van der Waals surface area (Å²) in [5.41, 5.74) is -0.306. The Morgan fingerprint density at radius 3 is 2.62 bits per heavy atom. The summed E-state index contributed by atoms with van der Waals surface area (Å²) in [6.07, 6.45) is 4.37. The first kappa shape index (κ1) is 15.4. The lowest BCUT2D eigenvalue weighted by Crippen LogP contribution is -2.52. The number of amides is 1. The van der Waals surface area contributed by atoms with Gasteiger partial charge in [-0.1, -0.05) is 31.4 Å². The first-order valence-corrected chi connectivity index (χ1v) is 7.16. The third kappa shape index (κ3) is 3.21. The number of rotatable bonds is 4. The van der Waals surface area contributed by atoms with Crippen molar-refractivity contribution >= 4 is 11.6 Å². The van der Waals surface area contributed by atoms with Crippen LogP contribution >= 0.6 is 0 Å². The molecule has 0 bridgehead atoms. The third-order valence-electron chi connectivity index (χ3n) is 4.16. The van der Waals surface area contributed by atoms with E-state index in [1.54, 1.807) is 19.1 Å². The molecule has 2 rings (SSSR count). The molecule has 114 valence electrons. The Bertz CT molecular complexity index is 551. The van der Waals surface area contributed by atoms with E-state index in [0.717, 1.165) is 19.3 Å². The Kier molecular flexibility index (Phi) is 4.57. The summed E-state index contributed by atoms with van der Waals surface area (Å²) in [5, 5.41) is 23.6. The van der Waals surface area contributed by atoms with Gasteiger partial charge in [-0.15, -0.1) is 0 Å². The zero-order valence-corrected chi connectivity index (χ0v) is 12.1. The van der Waals surface area contributed by atoms with Crippen molar-refractivity contribution in [2.45, 2.75) is 44.6 Å². The molecule has 1 aromatic rings. The summed E-state index contributed by atoms with van der Waals surface area (Å²) < 4.78 is 0. The van der Waals surface area contributed by atoms with Crippen LogP contribution in [0.3, 0.4) is 0 Å². The Labute approximate surface area is 123 Å². The molecule has 1 aromatic carbocycles. The Morgan fingerprint density at radius 2 is 2.05 bits per heavy atom. The van der Waals surface area contributed by atoms with Crippen molar-refractivity contribution in [3.63, 3.8) is 0 Å². The van der Waals surface area contributed by atoms with Crippen molar-refractivity contribution in [1.82, 2.24) is 5.32 Å². The highest BCUT2D eigenvalue weighted by Gasteiger charge is 2.34. The smallest absolute Gasteiger partial charge is 0.285 e. The molecule has 21 heavy (non-hydrogen) atoms. The molecule has 0 aromatic heterocycles. The van der Waals surface area contributed by atoms with Gasteiger partial charge in [-0.2, -0.15) is 0 Å². The quantitative estimate of drug-likeness (QED) is 0.658. The monoisotopic (exact) mass is 292 g/mol. The van der Waals surface area contributed by atoms with Gasteiger partial charge in [0.05, 0.1) is 17.1 Å². The second-order valence-electron chi connectivity index (χ2n) is 5.68. The third-order valence-corrected chi connectivity index (χ3v) is 4.16. The highest BCUT2D eigenvalue weighted by atomic mass is 16.6. The van der Waals surface area contributed by atoms with Gasteiger partial charge in [0.15, 0.2) is 0 Å². The number of nitrogens with zero attached hydrogens (tertiary/aromatic N) is 1. The first-order chi connectivity index (χ1) is 9.99. The van der Waals surface area contributed by atoms with Crippen molar-refractivity contribution in [1.29, 1.82) is 0 Å². The topological polar surface area (TPSA) is 92.5 Å². The molecule has 6 nitrogen and oxygen atoms in total. The van der Waals surface area contributed by atoms with Crippen molar-refractivity contribution in [2.75, 3.05) is 6.61 Å². The number of carbonyl (C=O) groups excluding carboxylic acids is 1. The molecule has 1 fully saturated rings. The molecule has 1 aliphatic carbocycles. The lowest BCUT2D eigenvalue weighted by Gasteiger charge is -2.36. The fourth-order valence-electron chi connectivity index (χ4n) is 2.94. The Balaban J connectivity index is 2.28. The number of aliphatic hydroxyl groups excluding tert-OH is 1. The standard InChI is InChI=1S/C15H20N2O4/c1-11-6-5-7-12(13(11)17(20)21)14(19)16-15(10-18)8-3-2-4-9-15/h5-7,18H,2-4,8-10H2,1H3,(H,16,19). The zero-order chi connectivity index (χ0) is 15.5. The highest BCUT2D eigenvalue weighted by molar-refractivity contribution is 5.99. The molecule has 1 aliphatic rings. The molecule has 0 radical (unpaired) electrons. The number of aliphatic hydroxyl groups is 1. The van der Waals surface area contributed by atoms with Crippen molar-refractivity contribution in [3.8, 4) is 0 Å². The van der Waals surface area contributed by atoms with Crippen LogP contribution in [-0.4, -0.2) is 28.1 Å². The number of benzene rings is 1. The molecule has 0 aliphatic heterocycles. The number of para-hydroxylation sites is 1. The average molecular weight is 292 g/mol. The number of hydrogen-bond acceptors (Lipinski definition) is 4. The van der Waals surface area contributed by atoms with E-state index >= 15 is 0 Å². The first-order valence-electron chi connectivity index (χ1n) is 7.16. The predicted octanol–water partition coefficient (Wildman–Crippen LogP) is 2.33. The van der Waals surface area contributed by atoms with Crippen LogP contribution in [0.5, 0.6) is 0 Å². The van der Waals surface area contributed by atoms with E-state index in [0.29, 0.717) is 18.4 Å². The summed E-state index contributed by atoms with van der Waals surface area (Å²) in [7, 11) is 0. The van der Waals surface area contributed by atoms with Crippen LogP contribution in [0.1, 0.15) is 48.0 Å². The van der Waals surface area contributed by atoms with Crippen LogP contribution < -0.4 is 5.32 Å². The second kappa shape index (κ2) is 6.22. The van der Waals surface area contributed by atoms with E-state index in [9.17, 15) is 20.0 Å². The van der Waals surface area contributed by atoms with E-state index in [4.69, 9.17) is 0 Å². The minimum absolute atomic E-state index is 0.0541. The highest BCUT2D eigenvalue weighted by Crippen LogP contribution is 2.29. The average Bonchev–Trinajstić information content (AvgIpc) is 2.47. The van der Waals surface area contributed by atoms with Gasteiger partial charge >= 0.3 is 0 Å². The van der Waals surface area contributed by atoms with E-state index in [1.807, 2.05) is 0 Å². The second-order valence-corrected chi connectivity index (χ2v) is 5.68. The molecule has 1 saturated carbocycles. The summed E-state index contributed by atoms with van der Waals surface area (Å²) >= 11 is 0. The summed E-state index contributed by atoms with van der Waals surface area (Å²) in [6, 6.07) is 4.69. The molecule has 0 unspecified atom stereocenters. The minimum Gasteiger partial charge on any atom is -0.394 e. The zero-order valence-electron chi connectivity index (χ0n) is 12.1. The number of nitrogens with one attached hydrogen (secondary N) is 1.